The lowest BCUT2D eigenvalue weighted by molar-refractivity contribution is 0.581. The Morgan fingerprint density at radius 1 is 1.10 bits per heavy atom. The van der Waals surface area contributed by atoms with E-state index in [1.165, 1.54) is 11.1 Å². The summed E-state index contributed by atoms with van der Waals surface area (Å²) in [6.45, 7) is 8.78. The molecule has 0 spiro atoms. The van der Waals surface area contributed by atoms with E-state index in [2.05, 4.69) is 54.0 Å². The summed E-state index contributed by atoms with van der Waals surface area (Å²) >= 11 is -0.599. The van der Waals surface area contributed by atoms with Crippen LogP contribution in [0.4, 0.5) is 5.88 Å². The quantitative estimate of drug-likeness (QED) is 0.640. The average Bonchev–Trinajstić information content (AvgIpc) is 2.98. The molecule has 1 aromatic carbocycles. The van der Waals surface area contributed by atoms with Crippen LogP contribution in [0.5, 0.6) is 5.88 Å². The van der Waals surface area contributed by atoms with Crippen LogP contribution in [0.15, 0.2) is 25.8 Å². The Labute approximate surface area is 129 Å². The van der Waals surface area contributed by atoms with Gasteiger partial charge in [-0.05, 0) is 29.0 Å². The number of oxazole rings is 1. The van der Waals surface area contributed by atoms with Crippen molar-refractivity contribution < 1.29 is 7.48 Å². The van der Waals surface area contributed by atoms with Crippen LogP contribution in [0.3, 0.4) is 0 Å². The predicted molar refractivity (Wildman–Crippen MR) is 86.9 cm³/mol. The summed E-state index contributed by atoms with van der Waals surface area (Å²) in [7, 11) is 0. The topological polar surface area (TPSA) is 47.6 Å². The van der Waals surface area contributed by atoms with E-state index in [1.54, 1.807) is 0 Å². The highest BCUT2D eigenvalue weighted by molar-refractivity contribution is 14.1. The smallest absolute Gasteiger partial charge is 0.293 e. The van der Waals surface area contributed by atoms with E-state index in [4.69, 9.17) is 7.48 Å². The molecule has 0 fully saturated rings. The molecule has 0 unspecified atom stereocenters. The van der Waals surface area contributed by atoms with Gasteiger partial charge in [0.2, 0.25) is 27.3 Å². The molecule has 0 radical (unpaired) electrons. The third kappa shape index (κ3) is 2.39. The van der Waals surface area contributed by atoms with Crippen molar-refractivity contribution >= 4 is 27.3 Å². The molecule has 0 saturated carbocycles. The van der Waals surface area contributed by atoms with Gasteiger partial charge in [0.05, 0.1) is 0 Å². The van der Waals surface area contributed by atoms with E-state index in [9.17, 15) is 0 Å². The molecule has 0 bridgehead atoms. The summed E-state index contributed by atoms with van der Waals surface area (Å²) < 4.78 is 15.4. The van der Waals surface area contributed by atoms with E-state index >= 15 is 0 Å². The molecule has 1 aromatic heterocycles. The number of nitrogens with zero attached hydrogens (tertiary/aromatic N) is 2. The molecule has 0 amide bonds. The Hall–Kier alpha value is -1.24. The Balaban J connectivity index is 2.09. The Bertz CT molecular complexity index is 675. The van der Waals surface area contributed by atoms with Gasteiger partial charge in [0.25, 0.3) is 11.8 Å². The molecule has 3 rings (SSSR count). The molecule has 4 nitrogen and oxygen atoms in total. The van der Waals surface area contributed by atoms with Crippen LogP contribution in [0, 0.1) is 0 Å². The van der Waals surface area contributed by atoms with Crippen LogP contribution < -0.4 is 3.07 Å². The average molecular weight is 384 g/mol. The third-order valence-corrected chi connectivity index (χ3v) is 4.64. The molecule has 0 saturated heterocycles. The van der Waals surface area contributed by atoms with Gasteiger partial charge < -0.3 is 7.48 Å². The van der Waals surface area contributed by atoms with Gasteiger partial charge >= 0.3 is 0 Å². The Kier molecular flexibility index (Phi) is 3.62. The van der Waals surface area contributed by atoms with Crippen molar-refractivity contribution in [1.82, 2.24) is 4.98 Å². The molecule has 0 aliphatic carbocycles. The zero-order valence-corrected chi connectivity index (χ0v) is 14.1. The maximum atomic E-state index is 5.73. The van der Waals surface area contributed by atoms with Crippen molar-refractivity contribution in [3.05, 3.63) is 29.3 Å². The van der Waals surface area contributed by atoms with Crippen LogP contribution in [-0.2, 0) is 0 Å². The highest BCUT2D eigenvalue weighted by Crippen LogP contribution is 2.43. The van der Waals surface area contributed by atoms with Gasteiger partial charge in [-0.2, -0.15) is 4.98 Å². The second kappa shape index (κ2) is 5.27. The lowest BCUT2D eigenvalue weighted by Gasteiger charge is -2.14. The first-order valence-corrected chi connectivity index (χ1v) is 8.58. The maximum Gasteiger partial charge on any atom is 0.293 e. The van der Waals surface area contributed by atoms with E-state index in [1.807, 2.05) is 0 Å². The fraction of sp³-hybridized carbons (Fsp3) is 0.400. The minimum atomic E-state index is -0.599. The van der Waals surface area contributed by atoms with Crippen LogP contribution in [-0.4, -0.2) is 4.98 Å². The van der Waals surface area contributed by atoms with E-state index in [0.717, 1.165) is 5.56 Å². The van der Waals surface area contributed by atoms with Crippen LogP contribution in [0.25, 0.3) is 11.5 Å². The molecule has 5 heteroatoms. The summed E-state index contributed by atoms with van der Waals surface area (Å²) in [5.41, 5.74) is 3.63. The van der Waals surface area contributed by atoms with Gasteiger partial charge in [-0.25, -0.2) is 0 Å². The monoisotopic (exact) mass is 384 g/mol. The first-order chi connectivity index (χ1) is 9.56. The van der Waals surface area contributed by atoms with Gasteiger partial charge in [-0.1, -0.05) is 39.8 Å². The minimum absolute atomic E-state index is 0.413. The van der Waals surface area contributed by atoms with Crippen LogP contribution in [0.1, 0.15) is 50.7 Å². The Morgan fingerprint density at radius 3 is 2.55 bits per heavy atom. The molecule has 0 atom stereocenters. The summed E-state index contributed by atoms with van der Waals surface area (Å²) in [6.07, 6.45) is 0. The number of hydrogen-bond acceptors (Lipinski definition) is 4. The molecular weight excluding hydrogens is 367 g/mol. The lowest BCUT2D eigenvalue weighted by Crippen LogP contribution is -1.97. The van der Waals surface area contributed by atoms with Gasteiger partial charge in [0, 0.05) is 5.56 Å². The third-order valence-electron chi connectivity index (χ3n) is 3.39. The highest BCUT2D eigenvalue weighted by atomic mass is 127. The van der Waals surface area contributed by atoms with E-state index < -0.39 is 21.4 Å². The molecule has 1 aliphatic heterocycles. The predicted octanol–water partition coefficient (Wildman–Crippen LogP) is 5.68. The molecule has 20 heavy (non-hydrogen) atoms. The fourth-order valence-corrected chi connectivity index (χ4v) is 3.27. The Morgan fingerprint density at radius 2 is 1.90 bits per heavy atom. The van der Waals surface area contributed by atoms with Gasteiger partial charge in [-0.3, -0.25) is 0 Å². The van der Waals surface area contributed by atoms with E-state index in [0.29, 0.717) is 29.5 Å². The molecule has 106 valence electrons. The first kappa shape index (κ1) is 13.7. The van der Waals surface area contributed by atoms with Crippen molar-refractivity contribution in [2.45, 2.75) is 39.5 Å². The molecule has 2 aromatic rings. The standard InChI is InChI=1S/C15H17IN2O2/c1-8(2)10-5-6-11(12(7-10)9(3)4)13-17-14-15(19-13)18-16-20-14/h5-9H,1-4H3. The first-order valence-electron chi connectivity index (χ1n) is 6.73. The maximum absolute atomic E-state index is 5.73. The SMILES string of the molecule is CC(C)c1ccc(-c2nc3c(o2)N=IO3)c(C(C)C)c1. The summed E-state index contributed by atoms with van der Waals surface area (Å²) in [4.78, 5) is 4.42. The summed E-state index contributed by atoms with van der Waals surface area (Å²) in [5, 5.41) is 0. The van der Waals surface area contributed by atoms with E-state index in [-0.39, 0.29) is 0 Å². The minimum Gasteiger partial charge on any atom is -0.414 e. The number of hydrogen-bond donors (Lipinski definition) is 0. The second-order valence-corrected chi connectivity index (χ2v) is 6.83. The van der Waals surface area contributed by atoms with Crippen LogP contribution >= 0.6 is 21.4 Å². The number of rotatable bonds is 3. The van der Waals surface area contributed by atoms with Gasteiger partial charge in [0.1, 0.15) is 0 Å². The number of aromatic nitrogens is 1. The summed E-state index contributed by atoms with van der Waals surface area (Å²) in [5.74, 6) is 2.64. The largest absolute Gasteiger partial charge is 0.414 e. The zero-order chi connectivity index (χ0) is 14.3. The normalized spacial score (nSPS) is 13.5. The van der Waals surface area contributed by atoms with Crippen molar-refractivity contribution in [3.8, 4) is 17.3 Å². The fourth-order valence-electron chi connectivity index (χ4n) is 2.21. The summed E-state index contributed by atoms with van der Waals surface area (Å²) in [6, 6.07) is 6.50. The molecule has 1 aliphatic rings. The lowest BCUT2D eigenvalue weighted by atomic mass is 9.91. The van der Waals surface area contributed by atoms with Gasteiger partial charge in [-0.15, -0.1) is 3.15 Å². The van der Waals surface area contributed by atoms with Crippen molar-refractivity contribution in [2.75, 3.05) is 0 Å². The van der Waals surface area contributed by atoms with Crippen molar-refractivity contribution in [2.24, 2.45) is 3.15 Å². The molecule has 2 heterocycles. The zero-order valence-electron chi connectivity index (χ0n) is 12.0. The molecular formula is C15H17IN2O2. The number of fused-ring (bicyclic) bond motifs is 1. The van der Waals surface area contributed by atoms with Crippen molar-refractivity contribution in [1.29, 1.82) is 0 Å². The van der Waals surface area contributed by atoms with Crippen molar-refractivity contribution in [3.63, 3.8) is 0 Å². The van der Waals surface area contributed by atoms with Crippen LogP contribution in [0.2, 0.25) is 0 Å². The number of benzene rings is 1. The van der Waals surface area contributed by atoms with Gasteiger partial charge in [0.15, 0.2) is 0 Å². The molecule has 0 N–H and O–H groups in total. The number of halogens is 1. The highest BCUT2D eigenvalue weighted by Gasteiger charge is 2.22. The second-order valence-electron chi connectivity index (χ2n) is 5.52.